The minimum absolute atomic E-state index is 0.0677. The summed E-state index contributed by atoms with van der Waals surface area (Å²) in [5.41, 5.74) is 21.0. The Bertz CT molecular complexity index is 6650. The van der Waals surface area contributed by atoms with Crippen LogP contribution in [0.15, 0.2) is 344 Å². The Morgan fingerprint density at radius 1 is 0.248 bits per heavy atom. The Morgan fingerprint density at radius 3 is 0.909 bits per heavy atom. The van der Waals surface area contributed by atoms with Crippen LogP contribution in [0.1, 0.15) is 89.6 Å². The van der Waals surface area contributed by atoms with E-state index in [1.165, 1.54) is 4.88 Å². The maximum atomic E-state index is 11.0. The third kappa shape index (κ3) is 18.2. The predicted octanol–water partition coefficient (Wildman–Crippen LogP) is 19.3. The highest BCUT2D eigenvalue weighted by Crippen LogP contribution is 2.35. The zero-order chi connectivity index (χ0) is 82.5. The number of rotatable bonds is 20. The van der Waals surface area contributed by atoms with Gasteiger partial charge in [-0.15, -0.1) is 11.3 Å². The summed E-state index contributed by atoms with van der Waals surface area (Å²) in [4.78, 5) is 44.1. The van der Waals surface area contributed by atoms with Gasteiger partial charge >= 0.3 is 0 Å². The van der Waals surface area contributed by atoms with E-state index in [1.54, 1.807) is 102 Å². The van der Waals surface area contributed by atoms with Gasteiger partial charge in [-0.05, 0) is 118 Å². The summed E-state index contributed by atoms with van der Waals surface area (Å²) in [6.07, 6.45) is 14.9. The summed E-state index contributed by atoms with van der Waals surface area (Å²) in [6.45, 7) is 0. The third-order valence-electron chi connectivity index (χ3n) is 20.4. The number of hydrogen-bond donors (Lipinski definition) is 7. The average Bonchev–Trinajstić information content (AvgIpc) is 1.65. The van der Waals surface area contributed by atoms with Crippen molar-refractivity contribution in [1.29, 1.82) is 0 Å². The van der Waals surface area contributed by atoms with Gasteiger partial charge in [0.25, 0.3) is 0 Å². The van der Waals surface area contributed by atoms with Crippen molar-refractivity contribution >= 4 is 33.9 Å². The maximum Gasteiger partial charge on any atom is 0.219 e. The molecular formula is C99H79N13O8S. The summed E-state index contributed by atoms with van der Waals surface area (Å²) in [5, 5.41) is 74.5. The van der Waals surface area contributed by atoms with Crippen molar-refractivity contribution in [3.63, 3.8) is 0 Å². The van der Waals surface area contributed by atoms with Crippen molar-refractivity contribution in [3.8, 4) is 85.9 Å². The van der Waals surface area contributed by atoms with Crippen LogP contribution in [0.25, 0.3) is 67.7 Å². The van der Waals surface area contributed by atoms with E-state index in [-0.39, 0.29) is 40.8 Å². The van der Waals surface area contributed by atoms with Crippen LogP contribution < -0.4 is 0 Å². The molecule has 22 heteroatoms. The van der Waals surface area contributed by atoms with Crippen LogP contribution in [0.5, 0.6) is 40.8 Å². The number of aromatic hydroxyl groups is 7. The molecular weight excluding hydrogens is 1530 g/mol. The monoisotopic (exact) mass is 1610 g/mol. The lowest BCUT2D eigenvalue weighted by atomic mass is 10.1. The molecule has 7 N–H and O–H groups in total. The number of thiophene rings is 1. The summed E-state index contributed by atoms with van der Waals surface area (Å²) in [7, 11) is 0. The van der Waals surface area contributed by atoms with E-state index in [0.29, 0.717) is 108 Å². The Hall–Kier alpha value is -15.8. The van der Waals surface area contributed by atoms with Gasteiger partial charge in [0.2, 0.25) is 23.5 Å². The smallest absolute Gasteiger partial charge is 0.219 e. The lowest BCUT2D eigenvalue weighted by Crippen LogP contribution is -2.01. The molecule has 11 heterocycles. The number of phenolic OH excluding ortho intramolecular Hbond substituents is 3. The highest BCUT2D eigenvalue weighted by molar-refractivity contribution is 7.09. The molecule has 0 radical (unpaired) electrons. The van der Waals surface area contributed by atoms with Crippen LogP contribution in [0.3, 0.4) is 0 Å². The summed E-state index contributed by atoms with van der Waals surface area (Å²) >= 11 is 1.67. The quantitative estimate of drug-likeness (QED) is 0.0373. The third-order valence-corrected chi connectivity index (χ3v) is 21.3. The van der Waals surface area contributed by atoms with Crippen LogP contribution in [0.2, 0.25) is 0 Å². The highest BCUT2D eigenvalue weighted by Gasteiger charge is 2.24. The molecule has 0 saturated heterocycles. The largest absolute Gasteiger partial charge is 0.508 e. The fourth-order valence-electron chi connectivity index (χ4n) is 14.4. The molecule has 9 aromatic carbocycles. The van der Waals surface area contributed by atoms with Crippen LogP contribution in [-0.4, -0.2) is 98.2 Å². The Labute approximate surface area is 699 Å². The average molecular weight is 1610 g/mol. The van der Waals surface area contributed by atoms with Gasteiger partial charge in [-0.3, -0.25) is 22.6 Å². The Morgan fingerprint density at radius 2 is 0.562 bits per heavy atom. The maximum absolute atomic E-state index is 11.0. The molecule has 20 aromatic rings. The van der Waals surface area contributed by atoms with Crippen LogP contribution in [0.4, 0.5) is 0 Å². The molecule has 0 unspecified atom stereocenters. The fraction of sp³-hybridized carbons (Fsp3) is 0.0808. The summed E-state index contributed by atoms with van der Waals surface area (Å²) < 4.78 is 12.3. The van der Waals surface area contributed by atoms with Crippen molar-refractivity contribution in [1.82, 2.24) is 62.5 Å². The van der Waals surface area contributed by atoms with Gasteiger partial charge in [-0.25, -0.2) is 39.9 Å². The molecule has 0 aliphatic heterocycles. The molecule has 11 aromatic heterocycles. The number of benzene rings is 9. The minimum Gasteiger partial charge on any atom is -0.508 e. The summed E-state index contributed by atoms with van der Waals surface area (Å²) in [6, 6.07) is 94.5. The molecule has 0 atom stereocenters. The second-order valence-corrected chi connectivity index (χ2v) is 30.0. The van der Waals surface area contributed by atoms with Crippen molar-refractivity contribution < 1.29 is 40.2 Å². The molecule has 0 spiro atoms. The molecule has 0 bridgehead atoms. The van der Waals surface area contributed by atoms with Gasteiger partial charge in [0.15, 0.2) is 22.6 Å². The molecule has 121 heavy (non-hydrogen) atoms. The van der Waals surface area contributed by atoms with E-state index < -0.39 is 0 Å². The number of aromatic nitrogens is 13. The van der Waals surface area contributed by atoms with E-state index >= 15 is 0 Å². The second-order valence-electron chi connectivity index (χ2n) is 28.9. The lowest BCUT2D eigenvalue weighted by Gasteiger charge is -2.08. The van der Waals surface area contributed by atoms with Crippen molar-refractivity contribution in [2.75, 3.05) is 0 Å². The number of imidazole rings is 4. The molecule has 0 amide bonds. The van der Waals surface area contributed by atoms with E-state index in [4.69, 9.17) is 39.3 Å². The molecule has 20 rings (SSSR count). The van der Waals surface area contributed by atoms with Gasteiger partial charge in [-0.1, -0.05) is 218 Å². The molecule has 0 aliphatic carbocycles. The second kappa shape index (κ2) is 35.7. The number of nitrogens with zero attached hydrogens (tertiary/aromatic N) is 13. The SMILES string of the molecule is Oc1c(Cc2cccs2)nc2c(Cc3ccccc3)nc(-c3ccccc3)cn12.Oc1ccc(-c2cn3c(O)c(Cc4ccco4)nc3c(Cc3ccccc3)n2)cc1.Oc1ccc(Cc2nc3c(Cc4ccccc4)nc(-c4ccccc4)cn3c2O)cc1.Oc1ccc(Cc2nc3c(Cc4ccccc4)nc(-c4ccccn4)cn3c2O)cc1. The van der Waals surface area contributed by atoms with Crippen molar-refractivity contribution in [2.45, 2.75) is 51.4 Å². The zero-order valence-corrected chi connectivity index (χ0v) is 66.1. The standard InChI is InChI=1S/C26H21N3O2.C25H20N4O2.C24H19N3O3.C24H19N3OS/c30-21-13-11-19(12-14-21)16-23-26(31)29-17-24(20-9-5-2-6-10-20)27-22(25(29)28-23)15-18-7-3-1-4-8-18;30-19-11-9-18(10-12-19)15-22-25(31)29-16-23(20-8-4-5-13-26-20)27-21(24(29)28-22)14-17-6-2-1-3-7-17;28-18-10-8-17(9-11-18)22-15-27-23(20(25-22)13-16-5-2-1-3-6-16)26-21(24(27)29)14-19-7-4-12-30-19;28-24-21(15-19-12-7-13-29-19)26-23-20(14-17-8-3-1-4-9-17)25-22(16-27(23)24)18-10-5-2-6-11-18/h1-14,17,30-31H,15-16H2;1-13,16,30-31H,14-15H2;1-12,15,28-29H,13-14H2;1-13,16,28H,14-15H2. The van der Waals surface area contributed by atoms with E-state index in [0.717, 1.165) is 95.7 Å². The number of furan rings is 1. The van der Waals surface area contributed by atoms with Gasteiger partial charge in [0.1, 0.15) is 51.5 Å². The zero-order valence-electron chi connectivity index (χ0n) is 65.2. The number of pyridine rings is 1. The number of phenols is 3. The first-order valence-corrected chi connectivity index (χ1v) is 40.1. The van der Waals surface area contributed by atoms with Gasteiger partial charge in [0, 0.05) is 97.5 Å². The van der Waals surface area contributed by atoms with Crippen molar-refractivity contribution in [2.24, 2.45) is 0 Å². The van der Waals surface area contributed by atoms with Gasteiger partial charge in [-0.2, -0.15) is 0 Å². The van der Waals surface area contributed by atoms with E-state index in [2.05, 4.69) is 40.3 Å². The van der Waals surface area contributed by atoms with Crippen molar-refractivity contribution in [3.05, 3.63) is 429 Å². The van der Waals surface area contributed by atoms with E-state index in [1.807, 2.05) is 236 Å². The molecule has 21 nitrogen and oxygen atoms in total. The fourth-order valence-corrected chi connectivity index (χ4v) is 15.1. The Balaban J connectivity index is 0.000000115. The molecule has 594 valence electrons. The van der Waals surface area contributed by atoms with E-state index in [9.17, 15) is 35.7 Å². The molecule has 0 fully saturated rings. The normalized spacial score (nSPS) is 11.1. The minimum atomic E-state index is 0.0677. The number of hydrogen-bond acceptors (Lipinski definition) is 18. The van der Waals surface area contributed by atoms with Crippen LogP contribution in [-0.2, 0) is 51.4 Å². The highest BCUT2D eigenvalue weighted by atomic mass is 32.1. The van der Waals surface area contributed by atoms with Crippen LogP contribution in [0, 0.1) is 0 Å². The molecule has 0 saturated carbocycles. The Kier molecular flexibility index (Phi) is 23.0. The lowest BCUT2D eigenvalue weighted by molar-refractivity contribution is 0.438. The first kappa shape index (κ1) is 77.7. The predicted molar refractivity (Wildman–Crippen MR) is 467 cm³/mol. The molecule has 0 aliphatic rings. The van der Waals surface area contributed by atoms with Crippen LogP contribution >= 0.6 is 11.3 Å². The first-order valence-electron chi connectivity index (χ1n) is 39.3. The van der Waals surface area contributed by atoms with Gasteiger partial charge < -0.3 is 40.2 Å². The van der Waals surface area contributed by atoms with Gasteiger partial charge in [0.05, 0.1) is 58.2 Å². The topological polar surface area (TPSA) is 288 Å². The number of fused-ring (bicyclic) bond motifs is 4. The first-order chi connectivity index (χ1) is 59.3. The summed E-state index contributed by atoms with van der Waals surface area (Å²) in [5.74, 6) is 1.78.